The highest BCUT2D eigenvalue weighted by atomic mass is 35.5. The molecule has 0 unspecified atom stereocenters. The van der Waals surface area contributed by atoms with Gasteiger partial charge in [0, 0.05) is 24.2 Å². The largest absolute Gasteiger partial charge is 0.493 e. The molecule has 0 aliphatic rings. The lowest BCUT2D eigenvalue weighted by atomic mass is 10.2. The van der Waals surface area contributed by atoms with E-state index in [1.807, 2.05) is 13.8 Å². The number of hydrogen-bond acceptors (Lipinski definition) is 4. The summed E-state index contributed by atoms with van der Waals surface area (Å²) in [5.74, 6) is 0.949. The lowest BCUT2D eigenvalue weighted by Gasteiger charge is -2.25. The van der Waals surface area contributed by atoms with Crippen molar-refractivity contribution in [2.45, 2.75) is 37.6 Å². The van der Waals surface area contributed by atoms with Crippen LogP contribution in [0.1, 0.15) is 26.3 Å². The van der Waals surface area contributed by atoms with Crippen molar-refractivity contribution >= 4 is 21.6 Å². The van der Waals surface area contributed by atoms with Crippen molar-refractivity contribution in [2.24, 2.45) is 0 Å². The van der Waals surface area contributed by atoms with Gasteiger partial charge in [-0.3, -0.25) is 0 Å². The molecule has 0 fully saturated rings. The van der Waals surface area contributed by atoms with E-state index in [4.69, 9.17) is 21.1 Å². The van der Waals surface area contributed by atoms with E-state index < -0.39 is 10.0 Å². The van der Waals surface area contributed by atoms with Gasteiger partial charge >= 0.3 is 0 Å². The second-order valence-electron chi connectivity index (χ2n) is 4.75. The highest BCUT2D eigenvalue weighted by molar-refractivity contribution is 7.89. The fourth-order valence-corrected chi connectivity index (χ4v) is 4.12. The zero-order valence-corrected chi connectivity index (χ0v) is 14.6. The molecular weight excluding hydrogens is 314 g/mol. The quantitative estimate of drug-likeness (QED) is 0.719. The summed E-state index contributed by atoms with van der Waals surface area (Å²) in [6, 6.07) is 2.87. The van der Waals surface area contributed by atoms with Gasteiger partial charge in [-0.2, -0.15) is 4.31 Å². The molecule has 21 heavy (non-hydrogen) atoms. The number of rotatable bonds is 7. The summed E-state index contributed by atoms with van der Waals surface area (Å²) in [6.45, 7) is 5.87. The fourth-order valence-electron chi connectivity index (χ4n) is 2.21. The first-order chi connectivity index (χ1) is 9.83. The van der Waals surface area contributed by atoms with Crippen LogP contribution < -0.4 is 9.47 Å². The highest BCUT2D eigenvalue weighted by Gasteiger charge is 2.27. The van der Waals surface area contributed by atoms with Crippen molar-refractivity contribution < 1.29 is 17.9 Å². The Morgan fingerprint density at radius 3 is 2.24 bits per heavy atom. The molecule has 1 aromatic carbocycles. The average Bonchev–Trinajstić information content (AvgIpc) is 2.45. The standard InChI is InChI=1S/C14H22ClNO4S/c1-6-16(10(2)3)21(17,18)12-7-11(9-15)14(20-5)13(8-12)19-4/h7-8,10H,6,9H2,1-5H3. The molecule has 0 spiro atoms. The summed E-state index contributed by atoms with van der Waals surface area (Å²) >= 11 is 5.89. The number of benzene rings is 1. The molecule has 0 heterocycles. The maximum Gasteiger partial charge on any atom is 0.243 e. The molecule has 0 aliphatic heterocycles. The maximum atomic E-state index is 12.7. The van der Waals surface area contributed by atoms with Crippen molar-refractivity contribution in [1.29, 1.82) is 0 Å². The molecule has 0 aromatic heterocycles. The maximum absolute atomic E-state index is 12.7. The first-order valence-corrected chi connectivity index (χ1v) is 8.63. The molecule has 0 radical (unpaired) electrons. The van der Waals surface area contributed by atoms with Crippen LogP contribution in [0.3, 0.4) is 0 Å². The molecule has 120 valence electrons. The van der Waals surface area contributed by atoms with Crippen molar-refractivity contribution in [1.82, 2.24) is 4.31 Å². The van der Waals surface area contributed by atoms with E-state index in [0.29, 0.717) is 23.6 Å². The highest BCUT2D eigenvalue weighted by Crippen LogP contribution is 2.36. The zero-order chi connectivity index (χ0) is 16.2. The fraction of sp³-hybridized carbons (Fsp3) is 0.571. The van der Waals surface area contributed by atoms with Crippen LogP contribution in [0.2, 0.25) is 0 Å². The molecule has 5 nitrogen and oxygen atoms in total. The SMILES string of the molecule is CCN(C(C)C)S(=O)(=O)c1cc(CCl)c(OC)c(OC)c1. The van der Waals surface area contributed by atoms with Gasteiger partial charge in [-0.15, -0.1) is 11.6 Å². The van der Waals surface area contributed by atoms with E-state index in [2.05, 4.69) is 0 Å². The number of sulfonamides is 1. The van der Waals surface area contributed by atoms with Gasteiger partial charge in [-0.05, 0) is 19.9 Å². The van der Waals surface area contributed by atoms with Gasteiger partial charge in [0.1, 0.15) is 0 Å². The predicted octanol–water partition coefficient (Wildman–Crippen LogP) is 2.86. The minimum atomic E-state index is -3.60. The van der Waals surface area contributed by atoms with Crippen LogP contribution >= 0.6 is 11.6 Å². The molecule has 0 bridgehead atoms. The van der Waals surface area contributed by atoms with Gasteiger partial charge < -0.3 is 9.47 Å². The van der Waals surface area contributed by atoms with Crippen molar-refractivity contribution in [2.75, 3.05) is 20.8 Å². The summed E-state index contributed by atoms with van der Waals surface area (Å²) in [5, 5.41) is 0. The Morgan fingerprint density at radius 1 is 1.24 bits per heavy atom. The Balaban J connectivity index is 3.50. The second kappa shape index (κ2) is 7.33. The van der Waals surface area contributed by atoms with Crippen LogP contribution in [0.25, 0.3) is 0 Å². The Labute approximate surface area is 131 Å². The molecule has 0 saturated carbocycles. The number of nitrogens with zero attached hydrogens (tertiary/aromatic N) is 1. The number of ether oxygens (including phenoxy) is 2. The monoisotopic (exact) mass is 335 g/mol. The summed E-state index contributed by atoms with van der Waals surface area (Å²) in [4.78, 5) is 0.159. The van der Waals surface area contributed by atoms with Crippen LogP contribution in [0.4, 0.5) is 0 Å². The van der Waals surface area contributed by atoms with Gasteiger partial charge in [0.05, 0.1) is 25.0 Å². The summed E-state index contributed by atoms with van der Waals surface area (Å²) in [7, 11) is -0.642. The minimum absolute atomic E-state index is 0.132. The third-order valence-corrected chi connectivity index (χ3v) is 5.58. The van der Waals surface area contributed by atoms with Gasteiger partial charge in [0.2, 0.25) is 10.0 Å². The molecule has 1 rings (SSSR count). The zero-order valence-electron chi connectivity index (χ0n) is 13.0. The van der Waals surface area contributed by atoms with E-state index in [-0.39, 0.29) is 16.8 Å². The van der Waals surface area contributed by atoms with E-state index in [0.717, 1.165) is 0 Å². The predicted molar refractivity (Wildman–Crippen MR) is 83.8 cm³/mol. The van der Waals surface area contributed by atoms with Crippen LogP contribution in [-0.2, 0) is 15.9 Å². The van der Waals surface area contributed by atoms with Crippen LogP contribution in [-0.4, -0.2) is 39.5 Å². The van der Waals surface area contributed by atoms with Crippen molar-refractivity contribution in [3.63, 3.8) is 0 Å². The molecule has 7 heteroatoms. The summed E-state index contributed by atoms with van der Waals surface area (Å²) < 4.78 is 37.3. The van der Waals surface area contributed by atoms with E-state index in [1.165, 1.54) is 30.7 Å². The first kappa shape index (κ1) is 18.1. The van der Waals surface area contributed by atoms with Gasteiger partial charge in [-0.1, -0.05) is 6.92 Å². The smallest absolute Gasteiger partial charge is 0.243 e. The van der Waals surface area contributed by atoms with E-state index in [9.17, 15) is 8.42 Å². The topological polar surface area (TPSA) is 55.8 Å². The number of hydrogen-bond donors (Lipinski definition) is 0. The Kier molecular flexibility index (Phi) is 6.31. The van der Waals surface area contributed by atoms with Gasteiger partial charge in [0.15, 0.2) is 11.5 Å². The Hall–Kier alpha value is -0.980. The molecule has 0 N–H and O–H groups in total. The van der Waals surface area contributed by atoms with Crippen LogP contribution in [0.15, 0.2) is 17.0 Å². The molecular formula is C14H22ClNO4S. The van der Waals surface area contributed by atoms with Crippen molar-refractivity contribution in [3.8, 4) is 11.5 Å². The number of halogens is 1. The summed E-state index contributed by atoms with van der Waals surface area (Å²) in [6.07, 6.45) is 0. The molecule has 0 amide bonds. The lowest BCUT2D eigenvalue weighted by molar-refractivity contribution is 0.349. The number of methoxy groups -OCH3 is 2. The third-order valence-electron chi connectivity index (χ3n) is 3.17. The van der Waals surface area contributed by atoms with Crippen LogP contribution in [0, 0.1) is 0 Å². The Bertz CT molecular complexity index is 562. The molecule has 0 saturated heterocycles. The second-order valence-corrected chi connectivity index (χ2v) is 6.91. The van der Waals surface area contributed by atoms with E-state index >= 15 is 0 Å². The normalized spacial score (nSPS) is 12.0. The summed E-state index contributed by atoms with van der Waals surface area (Å²) in [5.41, 5.74) is 0.580. The third kappa shape index (κ3) is 3.62. The van der Waals surface area contributed by atoms with Gasteiger partial charge in [0.25, 0.3) is 0 Å². The minimum Gasteiger partial charge on any atom is -0.493 e. The Morgan fingerprint density at radius 2 is 1.86 bits per heavy atom. The lowest BCUT2D eigenvalue weighted by Crippen LogP contribution is -2.36. The van der Waals surface area contributed by atoms with Gasteiger partial charge in [-0.25, -0.2) is 8.42 Å². The molecule has 1 aromatic rings. The van der Waals surface area contributed by atoms with E-state index in [1.54, 1.807) is 6.92 Å². The van der Waals surface area contributed by atoms with Crippen molar-refractivity contribution in [3.05, 3.63) is 17.7 Å². The first-order valence-electron chi connectivity index (χ1n) is 6.66. The molecule has 0 aliphatic carbocycles. The van der Waals surface area contributed by atoms with Crippen LogP contribution in [0.5, 0.6) is 11.5 Å². The number of alkyl halides is 1. The molecule has 0 atom stereocenters. The average molecular weight is 336 g/mol.